The molecular formula is C11H10Br2N2O2. The van der Waals surface area contributed by atoms with Gasteiger partial charge in [0.05, 0.1) is 12.1 Å². The highest BCUT2D eigenvalue weighted by Gasteiger charge is 2.31. The number of halogens is 2. The van der Waals surface area contributed by atoms with Crippen molar-refractivity contribution >= 4 is 49.4 Å². The Kier molecular flexibility index (Phi) is 3.53. The first-order valence-electron chi connectivity index (χ1n) is 5.03. The van der Waals surface area contributed by atoms with Crippen molar-refractivity contribution in [3.63, 3.8) is 0 Å². The molecule has 2 rings (SSSR count). The molecule has 0 aromatic heterocycles. The van der Waals surface area contributed by atoms with E-state index >= 15 is 0 Å². The van der Waals surface area contributed by atoms with E-state index in [0.717, 1.165) is 20.2 Å². The van der Waals surface area contributed by atoms with Crippen LogP contribution in [0.15, 0.2) is 21.1 Å². The Labute approximate surface area is 115 Å². The zero-order chi connectivity index (χ0) is 12.6. The highest BCUT2D eigenvalue weighted by Crippen LogP contribution is 2.33. The number of anilines is 1. The third-order valence-electron chi connectivity index (χ3n) is 2.47. The van der Waals surface area contributed by atoms with Crippen molar-refractivity contribution in [2.75, 3.05) is 5.32 Å². The molecule has 0 aliphatic carbocycles. The summed E-state index contributed by atoms with van der Waals surface area (Å²) in [6.07, 6.45) is 0.172. The lowest BCUT2D eigenvalue weighted by Gasteiger charge is -2.15. The molecule has 1 fully saturated rings. The molecule has 1 aromatic carbocycles. The zero-order valence-electron chi connectivity index (χ0n) is 9.01. The molecular weight excluding hydrogens is 352 g/mol. The number of nitrogens with one attached hydrogen (secondary N) is 2. The SMILES string of the molecule is Cc1cc(Br)c(NC2CC(=O)NC2=O)c(Br)c1. The third kappa shape index (κ3) is 2.69. The predicted octanol–water partition coefficient (Wildman–Crippen LogP) is 2.35. The van der Waals surface area contributed by atoms with Gasteiger partial charge in [-0.25, -0.2) is 0 Å². The van der Waals surface area contributed by atoms with Gasteiger partial charge in [0.15, 0.2) is 0 Å². The first-order valence-corrected chi connectivity index (χ1v) is 6.62. The number of hydrogen-bond acceptors (Lipinski definition) is 3. The van der Waals surface area contributed by atoms with E-state index in [1.165, 1.54) is 0 Å². The monoisotopic (exact) mass is 360 g/mol. The number of aryl methyl sites for hydroxylation is 1. The summed E-state index contributed by atoms with van der Waals surface area (Å²) in [5, 5.41) is 5.32. The minimum absolute atomic E-state index is 0.172. The molecule has 6 heteroatoms. The van der Waals surface area contributed by atoms with Crippen molar-refractivity contribution in [1.82, 2.24) is 5.32 Å². The van der Waals surface area contributed by atoms with Crippen LogP contribution >= 0.6 is 31.9 Å². The second kappa shape index (κ2) is 4.78. The van der Waals surface area contributed by atoms with Crippen molar-refractivity contribution in [1.29, 1.82) is 0 Å². The van der Waals surface area contributed by atoms with E-state index in [0.29, 0.717) is 0 Å². The van der Waals surface area contributed by atoms with Crippen LogP contribution in [-0.4, -0.2) is 17.9 Å². The zero-order valence-corrected chi connectivity index (χ0v) is 12.2. The molecule has 90 valence electrons. The highest BCUT2D eigenvalue weighted by atomic mass is 79.9. The fraction of sp³-hybridized carbons (Fsp3) is 0.273. The maximum absolute atomic E-state index is 11.5. The van der Waals surface area contributed by atoms with Gasteiger partial charge in [-0.05, 0) is 56.5 Å². The number of carbonyl (C=O) groups excluding carboxylic acids is 2. The normalized spacial score (nSPS) is 19.4. The van der Waals surface area contributed by atoms with Gasteiger partial charge >= 0.3 is 0 Å². The van der Waals surface area contributed by atoms with Crippen LogP contribution in [0.5, 0.6) is 0 Å². The summed E-state index contributed by atoms with van der Waals surface area (Å²) >= 11 is 6.86. The quantitative estimate of drug-likeness (QED) is 0.795. The molecule has 1 aromatic rings. The second-order valence-corrected chi connectivity index (χ2v) is 5.63. The van der Waals surface area contributed by atoms with Gasteiger partial charge in [0.2, 0.25) is 11.8 Å². The van der Waals surface area contributed by atoms with Gasteiger partial charge in [0.1, 0.15) is 6.04 Å². The fourth-order valence-electron chi connectivity index (χ4n) is 1.68. The number of amides is 2. The molecule has 1 aliphatic rings. The lowest BCUT2D eigenvalue weighted by molar-refractivity contribution is -0.124. The van der Waals surface area contributed by atoms with Crippen molar-refractivity contribution < 1.29 is 9.59 Å². The highest BCUT2D eigenvalue weighted by molar-refractivity contribution is 9.11. The Morgan fingerprint density at radius 2 is 1.88 bits per heavy atom. The molecule has 0 bridgehead atoms. The van der Waals surface area contributed by atoms with Crippen molar-refractivity contribution in [3.05, 3.63) is 26.6 Å². The standard InChI is InChI=1S/C11H10Br2N2O2/c1-5-2-6(12)10(7(13)3-5)14-8-4-9(16)15-11(8)17/h2-3,8,14H,4H2,1H3,(H,15,16,17). The molecule has 1 heterocycles. The Hall–Kier alpha value is -0.880. The number of benzene rings is 1. The molecule has 17 heavy (non-hydrogen) atoms. The lowest BCUT2D eigenvalue weighted by atomic mass is 10.2. The minimum Gasteiger partial charge on any atom is -0.371 e. The third-order valence-corrected chi connectivity index (χ3v) is 3.72. The van der Waals surface area contributed by atoms with Crippen LogP contribution in [0.2, 0.25) is 0 Å². The Bertz CT molecular complexity index is 479. The second-order valence-electron chi connectivity index (χ2n) is 3.92. The summed E-state index contributed by atoms with van der Waals surface area (Å²) in [7, 11) is 0. The van der Waals surface area contributed by atoms with Gasteiger partial charge < -0.3 is 5.32 Å². The smallest absolute Gasteiger partial charge is 0.249 e. The van der Waals surface area contributed by atoms with E-state index in [4.69, 9.17) is 0 Å². The average Bonchev–Trinajstić information content (AvgIpc) is 2.51. The van der Waals surface area contributed by atoms with Gasteiger partial charge in [-0.1, -0.05) is 0 Å². The van der Waals surface area contributed by atoms with E-state index in [2.05, 4.69) is 42.5 Å². The van der Waals surface area contributed by atoms with Gasteiger partial charge in [0.25, 0.3) is 0 Å². The predicted molar refractivity (Wildman–Crippen MR) is 71.8 cm³/mol. The van der Waals surface area contributed by atoms with E-state index in [-0.39, 0.29) is 18.2 Å². The molecule has 2 N–H and O–H groups in total. The summed E-state index contributed by atoms with van der Waals surface area (Å²) in [5.74, 6) is -0.527. The summed E-state index contributed by atoms with van der Waals surface area (Å²) in [6, 6.07) is 3.39. The van der Waals surface area contributed by atoms with Crippen LogP contribution in [0, 0.1) is 6.92 Å². The molecule has 0 spiro atoms. The fourth-order valence-corrected chi connectivity index (χ4v) is 3.33. The Morgan fingerprint density at radius 3 is 2.35 bits per heavy atom. The van der Waals surface area contributed by atoms with Crippen LogP contribution in [0.25, 0.3) is 0 Å². The first kappa shape index (κ1) is 12.6. The van der Waals surface area contributed by atoms with E-state index in [1.54, 1.807) is 0 Å². The minimum atomic E-state index is -0.502. The van der Waals surface area contributed by atoms with Crippen LogP contribution < -0.4 is 10.6 Å². The molecule has 0 saturated carbocycles. The number of imide groups is 1. The molecule has 0 radical (unpaired) electrons. The topological polar surface area (TPSA) is 58.2 Å². The van der Waals surface area contributed by atoms with Crippen LogP contribution in [0.1, 0.15) is 12.0 Å². The van der Waals surface area contributed by atoms with Crippen molar-refractivity contribution in [3.8, 4) is 0 Å². The summed E-state index contributed by atoms with van der Waals surface area (Å²) in [5.41, 5.74) is 1.88. The van der Waals surface area contributed by atoms with Gasteiger partial charge in [0, 0.05) is 8.95 Å². The molecule has 1 aliphatic heterocycles. The Morgan fingerprint density at radius 1 is 1.29 bits per heavy atom. The van der Waals surface area contributed by atoms with E-state index in [1.807, 2.05) is 19.1 Å². The molecule has 1 atom stereocenters. The maximum Gasteiger partial charge on any atom is 0.249 e. The summed E-state index contributed by atoms with van der Waals surface area (Å²) < 4.78 is 1.72. The molecule has 1 saturated heterocycles. The van der Waals surface area contributed by atoms with Gasteiger partial charge in [-0.3, -0.25) is 14.9 Å². The largest absolute Gasteiger partial charge is 0.371 e. The van der Waals surface area contributed by atoms with Crippen molar-refractivity contribution in [2.45, 2.75) is 19.4 Å². The number of rotatable bonds is 2. The molecule has 2 amide bonds. The average molecular weight is 362 g/mol. The number of carbonyl (C=O) groups is 2. The van der Waals surface area contributed by atoms with Gasteiger partial charge in [-0.2, -0.15) is 0 Å². The summed E-state index contributed by atoms with van der Waals surface area (Å²) in [4.78, 5) is 22.5. The summed E-state index contributed by atoms with van der Waals surface area (Å²) in [6.45, 7) is 1.98. The van der Waals surface area contributed by atoms with E-state index in [9.17, 15) is 9.59 Å². The van der Waals surface area contributed by atoms with Crippen LogP contribution in [0.4, 0.5) is 5.69 Å². The van der Waals surface area contributed by atoms with Crippen LogP contribution in [-0.2, 0) is 9.59 Å². The van der Waals surface area contributed by atoms with Gasteiger partial charge in [-0.15, -0.1) is 0 Å². The Balaban J connectivity index is 2.25. The molecule has 1 unspecified atom stereocenters. The number of hydrogen-bond donors (Lipinski definition) is 2. The maximum atomic E-state index is 11.5. The first-order chi connectivity index (χ1) is 7.97. The lowest BCUT2D eigenvalue weighted by Crippen LogP contribution is -2.30. The van der Waals surface area contributed by atoms with E-state index < -0.39 is 6.04 Å². The van der Waals surface area contributed by atoms with Crippen molar-refractivity contribution in [2.24, 2.45) is 0 Å². The van der Waals surface area contributed by atoms with Crippen LogP contribution in [0.3, 0.4) is 0 Å². The molecule has 4 nitrogen and oxygen atoms in total.